The van der Waals surface area contributed by atoms with Crippen molar-refractivity contribution in [2.45, 2.75) is 38.8 Å². The van der Waals surface area contributed by atoms with Crippen molar-refractivity contribution in [3.05, 3.63) is 34.3 Å². The number of nitrogens with one attached hydrogen (secondary N) is 1. The Morgan fingerprint density at radius 1 is 1.48 bits per heavy atom. The molecule has 0 unspecified atom stereocenters. The number of rotatable bonds is 4. The summed E-state index contributed by atoms with van der Waals surface area (Å²) in [6, 6.07) is 4.53. The van der Waals surface area contributed by atoms with Crippen LogP contribution in [0.4, 0.5) is 4.79 Å². The van der Waals surface area contributed by atoms with Crippen LogP contribution in [0.3, 0.4) is 0 Å². The molecule has 0 saturated heterocycles. The van der Waals surface area contributed by atoms with E-state index >= 15 is 0 Å². The predicted octanol–water partition coefficient (Wildman–Crippen LogP) is 2.06. The van der Waals surface area contributed by atoms with E-state index in [2.05, 4.69) is 5.32 Å². The number of benzene rings is 1. The lowest BCUT2D eigenvalue weighted by atomic mass is 9.98. The van der Waals surface area contributed by atoms with Crippen LogP contribution in [-0.4, -0.2) is 29.4 Å². The van der Waals surface area contributed by atoms with Gasteiger partial charge in [-0.05, 0) is 30.0 Å². The number of fused-ring (bicyclic) bond motifs is 1. The molecule has 5 nitrogen and oxygen atoms in total. The van der Waals surface area contributed by atoms with E-state index in [0.29, 0.717) is 19.5 Å². The van der Waals surface area contributed by atoms with Crippen molar-refractivity contribution in [3.63, 3.8) is 0 Å². The average Bonchev–Trinajstić information content (AvgIpc) is 2.45. The highest BCUT2D eigenvalue weighted by atomic mass is 35.5. The molecule has 1 atom stereocenters. The first-order chi connectivity index (χ1) is 10.0. The first-order valence-electron chi connectivity index (χ1n) is 7.14. The SMILES string of the molecule is CCC[C@@H](NC(N)=O)C(=O)N1CCc2c(Cl)cccc2C1. The molecule has 114 valence electrons. The van der Waals surface area contributed by atoms with Crippen molar-refractivity contribution in [2.75, 3.05) is 6.54 Å². The van der Waals surface area contributed by atoms with Crippen LogP contribution in [0.15, 0.2) is 18.2 Å². The minimum absolute atomic E-state index is 0.0822. The molecule has 3 N–H and O–H groups in total. The van der Waals surface area contributed by atoms with Gasteiger partial charge in [0.05, 0.1) is 0 Å². The zero-order chi connectivity index (χ0) is 15.4. The highest BCUT2D eigenvalue weighted by molar-refractivity contribution is 6.31. The van der Waals surface area contributed by atoms with Crippen molar-refractivity contribution < 1.29 is 9.59 Å². The maximum absolute atomic E-state index is 12.5. The van der Waals surface area contributed by atoms with Crippen molar-refractivity contribution in [1.82, 2.24) is 10.2 Å². The molecule has 0 bridgehead atoms. The summed E-state index contributed by atoms with van der Waals surface area (Å²) in [4.78, 5) is 25.3. The fourth-order valence-corrected chi connectivity index (χ4v) is 2.98. The summed E-state index contributed by atoms with van der Waals surface area (Å²) in [6.07, 6.45) is 2.11. The molecule has 0 radical (unpaired) electrons. The quantitative estimate of drug-likeness (QED) is 0.893. The Bertz CT molecular complexity index is 548. The van der Waals surface area contributed by atoms with Crippen LogP contribution in [0.2, 0.25) is 5.02 Å². The molecule has 1 aliphatic rings. The molecule has 0 fully saturated rings. The maximum Gasteiger partial charge on any atom is 0.312 e. The van der Waals surface area contributed by atoms with Gasteiger partial charge in [0.2, 0.25) is 5.91 Å². The van der Waals surface area contributed by atoms with Crippen LogP contribution in [-0.2, 0) is 17.8 Å². The third-order valence-electron chi connectivity index (χ3n) is 3.71. The maximum atomic E-state index is 12.5. The minimum Gasteiger partial charge on any atom is -0.352 e. The molecule has 1 aromatic rings. The van der Waals surface area contributed by atoms with Crippen LogP contribution >= 0.6 is 11.6 Å². The first kappa shape index (κ1) is 15.6. The van der Waals surface area contributed by atoms with Crippen LogP contribution in [0, 0.1) is 0 Å². The van der Waals surface area contributed by atoms with E-state index in [0.717, 1.165) is 29.0 Å². The minimum atomic E-state index is -0.665. The van der Waals surface area contributed by atoms with Crippen molar-refractivity contribution in [3.8, 4) is 0 Å². The van der Waals surface area contributed by atoms with E-state index in [1.807, 2.05) is 25.1 Å². The summed E-state index contributed by atoms with van der Waals surface area (Å²) < 4.78 is 0. The van der Waals surface area contributed by atoms with E-state index in [1.54, 1.807) is 4.90 Å². The number of amides is 3. The Morgan fingerprint density at radius 3 is 2.90 bits per heavy atom. The lowest BCUT2D eigenvalue weighted by Gasteiger charge is -2.32. The Balaban J connectivity index is 2.11. The van der Waals surface area contributed by atoms with Gasteiger partial charge in [0.1, 0.15) is 6.04 Å². The van der Waals surface area contributed by atoms with Gasteiger partial charge in [0, 0.05) is 18.1 Å². The van der Waals surface area contributed by atoms with E-state index < -0.39 is 12.1 Å². The van der Waals surface area contributed by atoms with Gasteiger partial charge >= 0.3 is 6.03 Å². The van der Waals surface area contributed by atoms with E-state index in [9.17, 15) is 9.59 Å². The number of hydrogen-bond acceptors (Lipinski definition) is 2. The van der Waals surface area contributed by atoms with E-state index in [4.69, 9.17) is 17.3 Å². The van der Waals surface area contributed by atoms with Crippen molar-refractivity contribution in [2.24, 2.45) is 5.73 Å². The summed E-state index contributed by atoms with van der Waals surface area (Å²) in [6.45, 7) is 3.10. The highest BCUT2D eigenvalue weighted by Crippen LogP contribution is 2.26. The molecule has 3 amide bonds. The van der Waals surface area contributed by atoms with Crippen LogP contribution < -0.4 is 11.1 Å². The molecule has 0 aliphatic carbocycles. The Labute approximate surface area is 129 Å². The van der Waals surface area contributed by atoms with E-state index in [1.165, 1.54) is 0 Å². The average molecular weight is 310 g/mol. The summed E-state index contributed by atoms with van der Waals surface area (Å²) in [5.74, 6) is -0.0822. The molecular formula is C15H20ClN3O2. The predicted molar refractivity (Wildman–Crippen MR) is 82.0 cm³/mol. The van der Waals surface area contributed by atoms with Gasteiger partial charge < -0.3 is 16.0 Å². The van der Waals surface area contributed by atoms with Gasteiger partial charge in [-0.25, -0.2) is 4.79 Å². The number of nitrogens with zero attached hydrogens (tertiary/aromatic N) is 1. The Morgan fingerprint density at radius 2 is 2.24 bits per heavy atom. The molecule has 1 aromatic carbocycles. The highest BCUT2D eigenvalue weighted by Gasteiger charge is 2.28. The van der Waals surface area contributed by atoms with Gasteiger partial charge in [-0.15, -0.1) is 0 Å². The summed E-state index contributed by atoms with van der Waals surface area (Å²) in [5.41, 5.74) is 7.32. The van der Waals surface area contributed by atoms with Gasteiger partial charge in [0.15, 0.2) is 0 Å². The lowest BCUT2D eigenvalue weighted by molar-refractivity contribution is -0.134. The van der Waals surface area contributed by atoms with Gasteiger partial charge in [-0.3, -0.25) is 4.79 Å². The van der Waals surface area contributed by atoms with Crippen LogP contribution in [0.1, 0.15) is 30.9 Å². The zero-order valence-corrected chi connectivity index (χ0v) is 12.8. The third-order valence-corrected chi connectivity index (χ3v) is 4.07. The second kappa shape index (κ2) is 6.80. The van der Waals surface area contributed by atoms with Crippen LogP contribution in [0.5, 0.6) is 0 Å². The normalized spacial score (nSPS) is 15.2. The second-order valence-electron chi connectivity index (χ2n) is 5.24. The Hall–Kier alpha value is -1.75. The molecule has 1 heterocycles. The molecule has 6 heteroatoms. The molecule has 21 heavy (non-hydrogen) atoms. The molecular weight excluding hydrogens is 290 g/mol. The van der Waals surface area contributed by atoms with Crippen LogP contribution in [0.25, 0.3) is 0 Å². The first-order valence-corrected chi connectivity index (χ1v) is 7.51. The molecule has 2 rings (SSSR count). The zero-order valence-electron chi connectivity index (χ0n) is 12.1. The number of carbonyl (C=O) groups excluding carboxylic acids is 2. The number of hydrogen-bond donors (Lipinski definition) is 2. The third kappa shape index (κ3) is 3.67. The number of urea groups is 1. The standard InChI is InChI=1S/C15H20ClN3O2/c1-2-4-13(18-15(17)21)14(20)19-8-7-11-10(9-19)5-3-6-12(11)16/h3,5-6,13H,2,4,7-9H2,1H3,(H3,17,18,21)/t13-/m1/s1. The van der Waals surface area contributed by atoms with Gasteiger partial charge in [-0.2, -0.15) is 0 Å². The Kier molecular flexibility index (Phi) is 5.07. The summed E-state index contributed by atoms with van der Waals surface area (Å²) in [5, 5.41) is 3.28. The smallest absolute Gasteiger partial charge is 0.312 e. The molecule has 0 aromatic heterocycles. The number of carbonyl (C=O) groups is 2. The number of halogens is 1. The number of nitrogens with two attached hydrogens (primary N) is 1. The van der Waals surface area contributed by atoms with Crippen molar-refractivity contribution >= 4 is 23.5 Å². The van der Waals surface area contributed by atoms with Gasteiger partial charge in [0.25, 0.3) is 0 Å². The largest absolute Gasteiger partial charge is 0.352 e. The fraction of sp³-hybridized carbons (Fsp3) is 0.467. The second-order valence-corrected chi connectivity index (χ2v) is 5.64. The van der Waals surface area contributed by atoms with Crippen molar-refractivity contribution in [1.29, 1.82) is 0 Å². The van der Waals surface area contributed by atoms with E-state index in [-0.39, 0.29) is 5.91 Å². The summed E-state index contributed by atoms with van der Waals surface area (Å²) >= 11 is 6.17. The lowest BCUT2D eigenvalue weighted by Crippen LogP contribution is -2.51. The molecule has 0 spiro atoms. The van der Waals surface area contributed by atoms with Gasteiger partial charge in [-0.1, -0.05) is 37.1 Å². The monoisotopic (exact) mass is 309 g/mol. The summed E-state index contributed by atoms with van der Waals surface area (Å²) in [7, 11) is 0. The topological polar surface area (TPSA) is 75.4 Å². The number of primary amides is 1. The molecule has 1 aliphatic heterocycles. The molecule has 0 saturated carbocycles. The fourth-order valence-electron chi connectivity index (χ4n) is 2.69.